The molecule has 0 unspecified atom stereocenters. The molecular weight excluding hydrogens is 703 g/mol. The summed E-state index contributed by atoms with van der Waals surface area (Å²) in [7, 11) is 0. The number of nitrogens with zero attached hydrogens (tertiary/aromatic N) is 1. The van der Waals surface area contributed by atoms with Gasteiger partial charge >= 0.3 is 0 Å². The van der Waals surface area contributed by atoms with Crippen molar-refractivity contribution in [2.75, 3.05) is 4.90 Å². The SMILES string of the molecule is [2H]c1c([2H])c(N(c2ccc(-c3cccc4ccccc34)cc2)c2ccccc2-c2cccc3c2ccc2c4ccccc4oc32)c([2H])c([2H])c1-c1ccc(-c2ccccc2)cc1. The molecule has 0 saturated heterocycles. The van der Waals surface area contributed by atoms with Gasteiger partial charge in [-0.3, -0.25) is 0 Å². The fraction of sp³-hybridized carbons (Fsp3) is 0. The molecule has 11 rings (SSSR count). The first-order chi connectivity index (χ1) is 30.4. The second-order valence-electron chi connectivity index (χ2n) is 14.5. The number of rotatable bonds is 7. The van der Waals surface area contributed by atoms with Crippen molar-refractivity contribution < 1.29 is 9.90 Å². The fourth-order valence-electron chi connectivity index (χ4n) is 8.35. The Morgan fingerprint density at radius 3 is 1.71 bits per heavy atom. The molecule has 0 radical (unpaired) electrons. The van der Waals surface area contributed by atoms with Crippen LogP contribution in [0.5, 0.6) is 0 Å². The number of furan rings is 1. The lowest BCUT2D eigenvalue weighted by Gasteiger charge is -2.28. The molecule has 0 saturated carbocycles. The van der Waals surface area contributed by atoms with Gasteiger partial charge in [-0.05, 0) is 97.5 Å². The normalized spacial score (nSPS) is 12.4. The Morgan fingerprint density at radius 2 is 0.879 bits per heavy atom. The summed E-state index contributed by atoms with van der Waals surface area (Å²) in [4.78, 5) is 1.89. The van der Waals surface area contributed by atoms with Gasteiger partial charge in [0.1, 0.15) is 11.2 Å². The topological polar surface area (TPSA) is 16.4 Å². The zero-order valence-electron chi connectivity index (χ0n) is 35.4. The van der Waals surface area contributed by atoms with Crippen LogP contribution in [-0.2, 0) is 0 Å². The summed E-state index contributed by atoms with van der Waals surface area (Å²) in [5, 5.41) is 6.37. The molecule has 58 heavy (non-hydrogen) atoms. The molecule has 0 amide bonds. The molecule has 0 aliphatic rings. The van der Waals surface area contributed by atoms with Crippen LogP contribution < -0.4 is 4.90 Å². The van der Waals surface area contributed by atoms with Crippen molar-refractivity contribution in [2.45, 2.75) is 0 Å². The lowest BCUT2D eigenvalue weighted by molar-refractivity contribution is 0.672. The summed E-state index contributed by atoms with van der Waals surface area (Å²) in [5.74, 6) is 0. The number of para-hydroxylation sites is 2. The highest BCUT2D eigenvalue weighted by atomic mass is 16.3. The molecule has 0 aliphatic heterocycles. The van der Waals surface area contributed by atoms with Gasteiger partial charge in [-0.2, -0.15) is 0 Å². The van der Waals surface area contributed by atoms with E-state index in [1.165, 1.54) is 0 Å². The predicted molar refractivity (Wildman–Crippen MR) is 245 cm³/mol. The Labute approximate surface area is 343 Å². The molecule has 0 bridgehead atoms. The summed E-state index contributed by atoms with van der Waals surface area (Å²) in [5.41, 5.74) is 10.1. The Kier molecular flexibility index (Phi) is 7.20. The van der Waals surface area contributed by atoms with E-state index in [-0.39, 0.29) is 35.4 Å². The molecule has 0 N–H and O–H groups in total. The first-order valence-corrected chi connectivity index (χ1v) is 19.5. The minimum atomic E-state index is -0.136. The van der Waals surface area contributed by atoms with Crippen LogP contribution in [0.2, 0.25) is 0 Å². The third-order valence-corrected chi connectivity index (χ3v) is 11.2. The van der Waals surface area contributed by atoms with Crippen molar-refractivity contribution in [3.05, 3.63) is 224 Å². The van der Waals surface area contributed by atoms with Crippen molar-refractivity contribution in [2.24, 2.45) is 0 Å². The van der Waals surface area contributed by atoms with E-state index in [9.17, 15) is 5.48 Å². The molecule has 0 atom stereocenters. The van der Waals surface area contributed by atoms with Gasteiger partial charge < -0.3 is 9.32 Å². The smallest absolute Gasteiger partial charge is 0.143 e. The Morgan fingerprint density at radius 1 is 0.328 bits per heavy atom. The highest BCUT2D eigenvalue weighted by molar-refractivity contribution is 6.18. The van der Waals surface area contributed by atoms with Crippen LogP contribution >= 0.6 is 0 Å². The second-order valence-corrected chi connectivity index (χ2v) is 14.5. The van der Waals surface area contributed by atoms with E-state index in [2.05, 4.69) is 84.9 Å². The second kappa shape index (κ2) is 14.1. The van der Waals surface area contributed by atoms with E-state index in [4.69, 9.17) is 4.42 Å². The van der Waals surface area contributed by atoms with Gasteiger partial charge in [0, 0.05) is 33.1 Å². The van der Waals surface area contributed by atoms with Gasteiger partial charge in [0.2, 0.25) is 0 Å². The van der Waals surface area contributed by atoms with Crippen LogP contribution in [0, 0.1) is 0 Å². The quantitative estimate of drug-likeness (QED) is 0.162. The molecule has 0 spiro atoms. The highest BCUT2D eigenvalue weighted by Crippen LogP contribution is 2.45. The largest absolute Gasteiger partial charge is 0.455 e. The van der Waals surface area contributed by atoms with Crippen LogP contribution in [0.25, 0.3) is 88.0 Å². The van der Waals surface area contributed by atoms with E-state index < -0.39 is 0 Å². The number of hydrogen-bond donors (Lipinski definition) is 0. The third-order valence-electron chi connectivity index (χ3n) is 11.2. The van der Waals surface area contributed by atoms with E-state index >= 15 is 0 Å². The average molecular weight is 744 g/mol. The van der Waals surface area contributed by atoms with Crippen LogP contribution in [-0.4, -0.2) is 0 Å². The summed E-state index contributed by atoms with van der Waals surface area (Å²) < 4.78 is 44.9. The average Bonchev–Trinajstić information content (AvgIpc) is 3.72. The standard InChI is InChI=1S/C56H37NO/c1-2-12-38(13-3-1)39-24-26-40(27-25-39)41-28-32-44(33-29-41)57(45-34-30-43(31-35-45)47-19-10-15-42-14-4-5-16-46(42)47)54-22-8-6-17-50(54)48-20-11-21-52-49(48)36-37-53-51-18-7-9-23-55(51)58-56(52)53/h1-37H/i28D,29D,32D,33D. The summed E-state index contributed by atoms with van der Waals surface area (Å²) in [6.07, 6.45) is 0. The molecule has 10 aromatic carbocycles. The zero-order chi connectivity index (χ0) is 41.9. The first-order valence-electron chi connectivity index (χ1n) is 21.5. The molecule has 0 fully saturated rings. The van der Waals surface area contributed by atoms with Gasteiger partial charge in [-0.25, -0.2) is 0 Å². The van der Waals surface area contributed by atoms with Gasteiger partial charge in [0.05, 0.1) is 11.2 Å². The fourth-order valence-corrected chi connectivity index (χ4v) is 8.35. The minimum Gasteiger partial charge on any atom is -0.455 e. The van der Waals surface area contributed by atoms with Crippen LogP contribution in [0.1, 0.15) is 5.48 Å². The maximum atomic E-state index is 9.70. The van der Waals surface area contributed by atoms with Gasteiger partial charge in [-0.1, -0.05) is 182 Å². The molecule has 1 heterocycles. The minimum absolute atomic E-state index is 0.110. The molecular formula is C56H37NO. The van der Waals surface area contributed by atoms with Crippen molar-refractivity contribution in [3.8, 4) is 44.5 Å². The van der Waals surface area contributed by atoms with Gasteiger partial charge in [0.15, 0.2) is 0 Å². The molecule has 2 nitrogen and oxygen atoms in total. The molecule has 1 aromatic heterocycles. The maximum Gasteiger partial charge on any atom is 0.143 e. The van der Waals surface area contributed by atoms with E-state index in [1.54, 1.807) is 0 Å². The molecule has 2 heteroatoms. The third kappa shape index (κ3) is 5.82. The van der Waals surface area contributed by atoms with Crippen molar-refractivity contribution in [1.29, 1.82) is 0 Å². The van der Waals surface area contributed by atoms with Crippen LogP contribution in [0.15, 0.2) is 229 Å². The van der Waals surface area contributed by atoms with Crippen molar-refractivity contribution in [3.63, 3.8) is 0 Å². The number of fused-ring (bicyclic) bond motifs is 6. The van der Waals surface area contributed by atoms with Crippen molar-refractivity contribution >= 4 is 60.5 Å². The van der Waals surface area contributed by atoms with E-state index in [0.29, 0.717) is 16.9 Å². The van der Waals surface area contributed by atoms with Gasteiger partial charge in [-0.15, -0.1) is 0 Å². The van der Waals surface area contributed by atoms with Crippen LogP contribution in [0.3, 0.4) is 0 Å². The Bertz CT molecular complexity index is 3470. The Balaban J connectivity index is 1.11. The molecule has 0 aliphatic carbocycles. The van der Waals surface area contributed by atoms with E-state index in [0.717, 1.165) is 76.9 Å². The molecule has 11 aromatic rings. The predicted octanol–water partition coefficient (Wildman–Crippen LogP) is 16.0. The van der Waals surface area contributed by atoms with E-state index in [1.807, 2.05) is 120 Å². The lowest BCUT2D eigenvalue weighted by Crippen LogP contribution is -2.11. The lowest BCUT2D eigenvalue weighted by atomic mass is 9.94. The van der Waals surface area contributed by atoms with Crippen molar-refractivity contribution in [1.82, 2.24) is 0 Å². The highest BCUT2D eigenvalue weighted by Gasteiger charge is 2.20. The first kappa shape index (κ1) is 29.6. The van der Waals surface area contributed by atoms with Crippen LogP contribution in [0.4, 0.5) is 17.1 Å². The summed E-state index contributed by atoms with van der Waals surface area (Å²) in [6, 6.07) is 66.6. The maximum absolute atomic E-state index is 9.70. The summed E-state index contributed by atoms with van der Waals surface area (Å²) in [6.45, 7) is 0. The number of benzene rings is 10. The summed E-state index contributed by atoms with van der Waals surface area (Å²) >= 11 is 0. The Hall–Kier alpha value is -7.68. The number of hydrogen-bond acceptors (Lipinski definition) is 2. The zero-order valence-corrected chi connectivity index (χ0v) is 31.4. The number of anilines is 3. The monoisotopic (exact) mass is 743 g/mol. The molecule has 272 valence electrons. The van der Waals surface area contributed by atoms with Gasteiger partial charge in [0.25, 0.3) is 0 Å².